The Balaban J connectivity index is 1.74. The van der Waals surface area contributed by atoms with Crippen molar-refractivity contribution in [2.24, 2.45) is 0 Å². The largest absolute Gasteiger partial charge is 0.457 e. The van der Waals surface area contributed by atoms with Gasteiger partial charge in [-0.05, 0) is 55.3 Å². The van der Waals surface area contributed by atoms with E-state index in [1.807, 2.05) is 68.4 Å². The van der Waals surface area contributed by atoms with Crippen LogP contribution in [-0.4, -0.2) is 8.42 Å². The number of hydrogen-bond donors (Lipinski definition) is 0. The molecule has 0 aromatic heterocycles. The first-order valence-corrected chi connectivity index (χ1v) is 10.2. The van der Waals surface area contributed by atoms with Crippen molar-refractivity contribution in [3.63, 3.8) is 0 Å². The van der Waals surface area contributed by atoms with Gasteiger partial charge >= 0.3 is 0 Å². The Morgan fingerprint density at radius 1 is 0.815 bits per heavy atom. The lowest BCUT2D eigenvalue weighted by Crippen LogP contribution is -2.12. The first-order chi connectivity index (χ1) is 13.0. The summed E-state index contributed by atoms with van der Waals surface area (Å²) in [6.07, 6.45) is -0.0219. The third-order valence-electron chi connectivity index (χ3n) is 4.15. The molecular formula is C22H22O4S. The average Bonchev–Trinajstić information content (AvgIpc) is 2.68. The third-order valence-corrected chi connectivity index (χ3v) is 5.49. The van der Waals surface area contributed by atoms with Crippen LogP contribution >= 0.6 is 0 Å². The van der Waals surface area contributed by atoms with Gasteiger partial charge in [0.1, 0.15) is 17.6 Å². The van der Waals surface area contributed by atoms with Crippen molar-refractivity contribution in [3.8, 4) is 11.5 Å². The second kappa shape index (κ2) is 8.37. The minimum absolute atomic E-state index is 0.163. The SMILES string of the molecule is CCC(OS(=O)(=O)c1ccc(C)cc1)c1ccc(Oc2ccccc2)cc1. The average molecular weight is 382 g/mol. The van der Waals surface area contributed by atoms with Crippen LogP contribution in [0.5, 0.6) is 11.5 Å². The Hall–Kier alpha value is -2.63. The second-order valence-corrected chi connectivity index (χ2v) is 7.82. The van der Waals surface area contributed by atoms with Crippen LogP contribution in [0.15, 0.2) is 83.8 Å². The summed E-state index contributed by atoms with van der Waals surface area (Å²) in [5, 5.41) is 0. The molecule has 0 radical (unpaired) electrons. The molecule has 4 nitrogen and oxygen atoms in total. The van der Waals surface area contributed by atoms with Crippen LogP contribution in [-0.2, 0) is 14.3 Å². The molecule has 0 aliphatic rings. The van der Waals surface area contributed by atoms with Crippen LogP contribution in [0.1, 0.15) is 30.6 Å². The highest BCUT2D eigenvalue weighted by Gasteiger charge is 2.22. The van der Waals surface area contributed by atoms with Crippen molar-refractivity contribution in [1.29, 1.82) is 0 Å². The summed E-state index contributed by atoms with van der Waals surface area (Å²) in [5.41, 5.74) is 1.78. The van der Waals surface area contributed by atoms with Crippen molar-refractivity contribution >= 4 is 10.1 Å². The number of aryl methyl sites for hydroxylation is 1. The van der Waals surface area contributed by atoms with Gasteiger partial charge in [0.25, 0.3) is 10.1 Å². The van der Waals surface area contributed by atoms with Gasteiger partial charge in [0.15, 0.2) is 0 Å². The zero-order chi connectivity index (χ0) is 19.3. The molecule has 0 aliphatic carbocycles. The molecule has 0 amide bonds. The van der Waals surface area contributed by atoms with E-state index in [9.17, 15) is 8.42 Å². The number of rotatable bonds is 7. The molecule has 3 aromatic rings. The Morgan fingerprint density at radius 3 is 2.00 bits per heavy atom. The first kappa shape index (κ1) is 19.1. The molecular weight excluding hydrogens is 360 g/mol. The summed E-state index contributed by atoms with van der Waals surface area (Å²) in [7, 11) is -3.83. The Morgan fingerprint density at radius 2 is 1.41 bits per heavy atom. The molecule has 0 spiro atoms. The van der Waals surface area contributed by atoms with Gasteiger partial charge in [0.05, 0.1) is 4.90 Å². The molecule has 3 aromatic carbocycles. The van der Waals surface area contributed by atoms with Crippen molar-refractivity contribution in [3.05, 3.63) is 90.0 Å². The zero-order valence-electron chi connectivity index (χ0n) is 15.3. The lowest BCUT2D eigenvalue weighted by Gasteiger charge is -2.17. The quantitative estimate of drug-likeness (QED) is 0.496. The predicted molar refractivity (Wildman–Crippen MR) is 105 cm³/mol. The molecule has 140 valence electrons. The lowest BCUT2D eigenvalue weighted by molar-refractivity contribution is 0.209. The lowest BCUT2D eigenvalue weighted by atomic mass is 10.1. The van der Waals surface area contributed by atoms with E-state index in [4.69, 9.17) is 8.92 Å². The molecule has 0 bridgehead atoms. The van der Waals surface area contributed by atoms with Crippen molar-refractivity contribution in [2.45, 2.75) is 31.3 Å². The van der Waals surface area contributed by atoms with Gasteiger partial charge in [-0.2, -0.15) is 8.42 Å². The monoisotopic (exact) mass is 382 g/mol. The minimum atomic E-state index is -3.83. The smallest absolute Gasteiger partial charge is 0.297 e. The fourth-order valence-corrected chi connectivity index (χ4v) is 3.78. The summed E-state index contributed by atoms with van der Waals surface area (Å²) < 4.78 is 36.4. The van der Waals surface area contributed by atoms with Gasteiger partial charge in [-0.15, -0.1) is 0 Å². The Bertz CT molecular complexity index is 963. The third kappa shape index (κ3) is 4.96. The molecule has 0 fully saturated rings. The standard InChI is InChI=1S/C22H22O4S/c1-3-22(26-27(23,24)21-15-9-17(2)10-16-21)18-11-13-20(14-12-18)25-19-7-5-4-6-8-19/h4-16,22H,3H2,1-2H3. The molecule has 0 N–H and O–H groups in total. The molecule has 0 heterocycles. The molecule has 0 aliphatic heterocycles. The number of para-hydroxylation sites is 1. The van der Waals surface area contributed by atoms with Crippen molar-refractivity contribution in [2.75, 3.05) is 0 Å². The van der Waals surface area contributed by atoms with Crippen LogP contribution in [0, 0.1) is 6.92 Å². The number of ether oxygens (including phenoxy) is 1. The summed E-state index contributed by atoms with van der Waals surface area (Å²) in [6, 6.07) is 23.4. The van der Waals surface area contributed by atoms with Crippen molar-refractivity contribution in [1.82, 2.24) is 0 Å². The molecule has 5 heteroatoms. The van der Waals surface area contributed by atoms with Gasteiger partial charge in [-0.25, -0.2) is 0 Å². The number of hydrogen-bond acceptors (Lipinski definition) is 4. The van der Waals surface area contributed by atoms with Crippen molar-refractivity contribution < 1.29 is 17.3 Å². The first-order valence-electron chi connectivity index (χ1n) is 8.81. The Labute approximate surface area is 160 Å². The highest BCUT2D eigenvalue weighted by Crippen LogP contribution is 2.29. The van der Waals surface area contributed by atoms with E-state index in [0.29, 0.717) is 12.2 Å². The molecule has 0 saturated heterocycles. The minimum Gasteiger partial charge on any atom is -0.457 e. The van der Waals surface area contributed by atoms with E-state index < -0.39 is 16.2 Å². The summed E-state index contributed by atoms with van der Waals surface area (Å²) in [6.45, 7) is 3.80. The molecule has 1 unspecified atom stereocenters. The van der Waals surface area contributed by atoms with Crippen LogP contribution in [0.4, 0.5) is 0 Å². The summed E-state index contributed by atoms with van der Waals surface area (Å²) in [5.74, 6) is 1.43. The summed E-state index contributed by atoms with van der Waals surface area (Å²) in [4.78, 5) is 0.163. The molecule has 3 rings (SSSR count). The van der Waals surface area contributed by atoms with Gasteiger partial charge < -0.3 is 4.74 Å². The van der Waals surface area contributed by atoms with E-state index in [-0.39, 0.29) is 4.90 Å². The van der Waals surface area contributed by atoms with E-state index in [1.165, 1.54) is 0 Å². The normalized spacial score (nSPS) is 12.5. The maximum Gasteiger partial charge on any atom is 0.297 e. The van der Waals surface area contributed by atoms with E-state index >= 15 is 0 Å². The van der Waals surface area contributed by atoms with E-state index in [2.05, 4.69) is 0 Å². The molecule has 27 heavy (non-hydrogen) atoms. The topological polar surface area (TPSA) is 52.6 Å². The van der Waals surface area contributed by atoms with Crippen LogP contribution in [0.2, 0.25) is 0 Å². The fourth-order valence-electron chi connectivity index (χ4n) is 2.65. The fraction of sp³-hybridized carbons (Fsp3) is 0.182. The van der Waals surface area contributed by atoms with Gasteiger partial charge in [-0.1, -0.05) is 55.0 Å². The van der Waals surface area contributed by atoms with Gasteiger partial charge in [0, 0.05) is 0 Å². The van der Waals surface area contributed by atoms with E-state index in [0.717, 1.165) is 16.9 Å². The van der Waals surface area contributed by atoms with Gasteiger partial charge in [0.2, 0.25) is 0 Å². The molecule has 0 saturated carbocycles. The highest BCUT2D eigenvalue weighted by atomic mass is 32.2. The maximum atomic E-state index is 12.5. The zero-order valence-corrected chi connectivity index (χ0v) is 16.1. The van der Waals surface area contributed by atoms with Crippen LogP contribution in [0.3, 0.4) is 0 Å². The highest BCUT2D eigenvalue weighted by molar-refractivity contribution is 7.86. The summed E-state index contributed by atoms with van der Waals surface area (Å²) >= 11 is 0. The van der Waals surface area contributed by atoms with Crippen LogP contribution < -0.4 is 4.74 Å². The van der Waals surface area contributed by atoms with Gasteiger partial charge in [-0.3, -0.25) is 4.18 Å². The second-order valence-electron chi connectivity index (χ2n) is 6.24. The van der Waals surface area contributed by atoms with E-state index in [1.54, 1.807) is 24.3 Å². The maximum absolute atomic E-state index is 12.5. The molecule has 1 atom stereocenters. The predicted octanol–water partition coefficient (Wildman–Crippen LogP) is 5.64. The Kier molecular flexibility index (Phi) is 5.94. The number of benzene rings is 3. The van der Waals surface area contributed by atoms with Crippen LogP contribution in [0.25, 0.3) is 0 Å².